The Hall–Kier alpha value is -1.82. The van der Waals surface area contributed by atoms with Gasteiger partial charge in [0.25, 0.3) is 0 Å². The molecule has 0 nitrogen and oxygen atoms in total. The van der Waals surface area contributed by atoms with Crippen molar-refractivity contribution < 1.29 is 0 Å². The Kier molecular flexibility index (Phi) is 5.11. The second-order valence-electron chi connectivity index (χ2n) is 6.70. The van der Waals surface area contributed by atoms with E-state index < -0.39 is 0 Å². The second kappa shape index (κ2) is 7.45. The fourth-order valence-corrected chi connectivity index (χ4v) is 3.19. The molecule has 0 radical (unpaired) electrons. The maximum Gasteiger partial charge on any atom is -0.0206 e. The van der Waals surface area contributed by atoms with Crippen molar-refractivity contribution in [1.29, 1.82) is 0 Å². The van der Waals surface area contributed by atoms with E-state index in [1.165, 1.54) is 43.2 Å². The monoisotopic (exact) mass is 290 g/mol. The molecule has 0 aliphatic heterocycles. The molecule has 0 atom stereocenters. The Morgan fingerprint density at radius 3 is 1.86 bits per heavy atom. The molecule has 0 heterocycles. The van der Waals surface area contributed by atoms with Gasteiger partial charge in [0.05, 0.1) is 0 Å². The Balaban J connectivity index is 1.68. The van der Waals surface area contributed by atoms with Crippen molar-refractivity contribution in [2.75, 3.05) is 0 Å². The van der Waals surface area contributed by atoms with E-state index in [-0.39, 0.29) is 0 Å². The quantitative estimate of drug-likeness (QED) is 0.562. The summed E-state index contributed by atoms with van der Waals surface area (Å²) in [5.41, 5.74) is 4.54. The van der Waals surface area contributed by atoms with E-state index in [4.69, 9.17) is 0 Å². The van der Waals surface area contributed by atoms with Gasteiger partial charge >= 0.3 is 0 Å². The maximum atomic E-state index is 2.51. The van der Waals surface area contributed by atoms with Crippen LogP contribution in [0.15, 0.2) is 72.3 Å². The molecular formula is C22H26. The molecule has 1 saturated carbocycles. The van der Waals surface area contributed by atoms with Crippen molar-refractivity contribution in [3.05, 3.63) is 83.4 Å². The van der Waals surface area contributed by atoms with Gasteiger partial charge in [-0.2, -0.15) is 0 Å². The van der Waals surface area contributed by atoms with Gasteiger partial charge in [0.2, 0.25) is 0 Å². The molecule has 0 N–H and O–H groups in total. The van der Waals surface area contributed by atoms with E-state index in [0.29, 0.717) is 5.92 Å². The van der Waals surface area contributed by atoms with Gasteiger partial charge in [-0.05, 0) is 62.0 Å². The largest absolute Gasteiger partial charge is 0.0850 e. The molecule has 0 spiro atoms. The van der Waals surface area contributed by atoms with Crippen LogP contribution in [-0.4, -0.2) is 0 Å². The third kappa shape index (κ3) is 4.59. The molecule has 0 saturated heterocycles. The zero-order valence-electron chi connectivity index (χ0n) is 13.5. The molecule has 2 aromatic carbocycles. The summed E-state index contributed by atoms with van der Waals surface area (Å²) in [5.74, 6) is 1.59. The Labute approximate surface area is 134 Å². The number of rotatable bonds is 7. The minimum atomic E-state index is 0.693. The van der Waals surface area contributed by atoms with E-state index in [2.05, 4.69) is 73.7 Å². The molecular weight excluding hydrogens is 264 g/mol. The summed E-state index contributed by atoms with van der Waals surface area (Å²) in [6.07, 6.45) is 8.86. The topological polar surface area (TPSA) is 0 Å². The zero-order valence-corrected chi connectivity index (χ0v) is 13.5. The van der Waals surface area contributed by atoms with Gasteiger partial charge in [0.15, 0.2) is 0 Å². The first-order valence-electron chi connectivity index (χ1n) is 8.56. The second-order valence-corrected chi connectivity index (χ2v) is 6.70. The van der Waals surface area contributed by atoms with Crippen LogP contribution < -0.4 is 0 Å². The summed E-state index contributed by atoms with van der Waals surface area (Å²) < 4.78 is 0. The first-order valence-corrected chi connectivity index (χ1v) is 8.56. The fourth-order valence-electron chi connectivity index (χ4n) is 3.19. The lowest BCUT2D eigenvalue weighted by Gasteiger charge is -2.16. The van der Waals surface area contributed by atoms with E-state index in [9.17, 15) is 0 Å². The maximum absolute atomic E-state index is 2.51. The molecule has 3 rings (SSSR count). The van der Waals surface area contributed by atoms with E-state index >= 15 is 0 Å². The van der Waals surface area contributed by atoms with Crippen LogP contribution >= 0.6 is 0 Å². The summed E-state index contributed by atoms with van der Waals surface area (Å²) in [6, 6.07) is 21.9. The first kappa shape index (κ1) is 15.1. The third-order valence-corrected chi connectivity index (χ3v) is 4.73. The van der Waals surface area contributed by atoms with Crippen molar-refractivity contribution in [1.82, 2.24) is 0 Å². The molecule has 114 valence electrons. The molecule has 0 unspecified atom stereocenters. The lowest BCUT2D eigenvalue weighted by molar-refractivity contribution is 0.526. The summed E-state index contributed by atoms with van der Waals surface area (Å²) in [5, 5.41) is 0. The Bertz CT molecular complexity index is 549. The van der Waals surface area contributed by atoms with Gasteiger partial charge in [-0.25, -0.2) is 0 Å². The Morgan fingerprint density at radius 2 is 1.41 bits per heavy atom. The van der Waals surface area contributed by atoms with Gasteiger partial charge in [0, 0.05) is 0 Å². The summed E-state index contributed by atoms with van der Waals surface area (Å²) in [6.45, 7) is 2.32. The number of hydrogen-bond acceptors (Lipinski definition) is 0. The van der Waals surface area contributed by atoms with Gasteiger partial charge in [-0.15, -0.1) is 0 Å². The van der Waals surface area contributed by atoms with Crippen LogP contribution in [0.25, 0.3) is 0 Å². The van der Waals surface area contributed by atoms with E-state index in [1.54, 1.807) is 5.57 Å². The lowest BCUT2D eigenvalue weighted by Crippen LogP contribution is -2.08. The van der Waals surface area contributed by atoms with E-state index in [0.717, 1.165) is 5.92 Å². The van der Waals surface area contributed by atoms with Crippen LogP contribution in [0.2, 0.25) is 0 Å². The molecule has 0 aromatic heterocycles. The van der Waals surface area contributed by atoms with Crippen LogP contribution in [0.1, 0.15) is 37.3 Å². The molecule has 0 amide bonds. The molecule has 22 heavy (non-hydrogen) atoms. The van der Waals surface area contributed by atoms with Gasteiger partial charge in [-0.1, -0.05) is 72.3 Å². The number of benzene rings is 2. The highest BCUT2D eigenvalue weighted by Crippen LogP contribution is 2.36. The molecule has 0 heteroatoms. The van der Waals surface area contributed by atoms with Crippen molar-refractivity contribution in [3.63, 3.8) is 0 Å². The zero-order chi connectivity index (χ0) is 15.2. The number of hydrogen-bond donors (Lipinski definition) is 0. The molecule has 1 fully saturated rings. The minimum absolute atomic E-state index is 0.693. The van der Waals surface area contributed by atoms with Crippen LogP contribution in [0.3, 0.4) is 0 Å². The molecule has 1 aliphatic carbocycles. The summed E-state index contributed by atoms with van der Waals surface area (Å²) in [7, 11) is 0. The SMILES string of the molecule is C/C(=C\CC(Cc1ccccc1)Cc1ccccc1)C1CC1. The van der Waals surface area contributed by atoms with Gasteiger partial charge in [0.1, 0.15) is 0 Å². The predicted molar refractivity (Wildman–Crippen MR) is 94.9 cm³/mol. The smallest absolute Gasteiger partial charge is 0.0206 e. The standard InChI is InChI=1S/C22H26/c1-18(22-14-15-22)12-13-21(16-19-8-4-2-5-9-19)17-20-10-6-3-7-11-20/h2-12,21-22H,13-17H2,1H3/b18-12+. The highest BCUT2D eigenvalue weighted by Gasteiger charge is 2.22. The third-order valence-electron chi connectivity index (χ3n) is 4.73. The summed E-state index contributed by atoms with van der Waals surface area (Å²) in [4.78, 5) is 0. The molecule has 0 bridgehead atoms. The van der Waals surface area contributed by atoms with Crippen molar-refractivity contribution >= 4 is 0 Å². The van der Waals surface area contributed by atoms with Crippen molar-refractivity contribution in [2.24, 2.45) is 11.8 Å². The fraction of sp³-hybridized carbons (Fsp3) is 0.364. The average Bonchev–Trinajstić information content (AvgIpc) is 3.39. The highest BCUT2D eigenvalue weighted by atomic mass is 14.3. The van der Waals surface area contributed by atoms with Crippen LogP contribution in [0.5, 0.6) is 0 Å². The average molecular weight is 290 g/mol. The first-order chi connectivity index (χ1) is 10.8. The van der Waals surface area contributed by atoms with Crippen molar-refractivity contribution in [2.45, 2.75) is 39.0 Å². The number of allylic oxidation sites excluding steroid dienone is 2. The van der Waals surface area contributed by atoms with Crippen LogP contribution in [-0.2, 0) is 12.8 Å². The predicted octanol–water partition coefficient (Wildman–Crippen LogP) is 5.83. The van der Waals surface area contributed by atoms with Crippen molar-refractivity contribution in [3.8, 4) is 0 Å². The minimum Gasteiger partial charge on any atom is -0.0850 e. The summed E-state index contributed by atoms with van der Waals surface area (Å²) >= 11 is 0. The normalized spacial score (nSPS) is 15.3. The highest BCUT2D eigenvalue weighted by molar-refractivity contribution is 5.19. The Morgan fingerprint density at radius 1 is 0.909 bits per heavy atom. The van der Waals surface area contributed by atoms with Crippen LogP contribution in [0.4, 0.5) is 0 Å². The molecule has 1 aliphatic rings. The van der Waals surface area contributed by atoms with E-state index in [1.807, 2.05) is 0 Å². The van der Waals surface area contributed by atoms with Gasteiger partial charge in [-0.3, -0.25) is 0 Å². The van der Waals surface area contributed by atoms with Crippen LogP contribution in [0, 0.1) is 11.8 Å². The lowest BCUT2D eigenvalue weighted by atomic mass is 9.89. The molecule has 2 aromatic rings. The van der Waals surface area contributed by atoms with Gasteiger partial charge < -0.3 is 0 Å².